The third kappa shape index (κ3) is 4.23. The summed E-state index contributed by atoms with van der Waals surface area (Å²) in [4.78, 5) is 2.13. The fourth-order valence-electron chi connectivity index (χ4n) is 2.37. The highest BCUT2D eigenvalue weighted by atomic mass is 16.5. The zero-order chi connectivity index (χ0) is 14.4. The van der Waals surface area contributed by atoms with E-state index in [1.54, 1.807) is 7.11 Å². The second kappa shape index (κ2) is 7.13. The first-order chi connectivity index (χ1) is 8.99. The molecule has 0 radical (unpaired) electrons. The first-order valence-electron chi connectivity index (χ1n) is 6.49. The van der Waals surface area contributed by atoms with Crippen molar-refractivity contribution in [3.63, 3.8) is 0 Å². The van der Waals surface area contributed by atoms with Crippen LogP contribution in [-0.2, 0) is 0 Å². The van der Waals surface area contributed by atoms with E-state index >= 15 is 0 Å². The SMILES string of the molecule is COc1cccc(C(C(C)N)N(C)CC(C)C#N)c1. The summed E-state index contributed by atoms with van der Waals surface area (Å²) in [5.74, 6) is 0.807. The minimum atomic E-state index is -0.0250. The highest BCUT2D eigenvalue weighted by Gasteiger charge is 2.22. The highest BCUT2D eigenvalue weighted by molar-refractivity contribution is 5.31. The van der Waals surface area contributed by atoms with Crippen LogP contribution in [0.1, 0.15) is 25.5 Å². The standard InChI is InChI=1S/C15H23N3O/c1-11(9-16)10-18(3)15(12(2)17)13-6-5-7-14(8-13)19-4/h5-8,11-12,15H,10,17H2,1-4H3. The fourth-order valence-corrected chi connectivity index (χ4v) is 2.37. The number of nitriles is 1. The first-order valence-corrected chi connectivity index (χ1v) is 6.49. The maximum Gasteiger partial charge on any atom is 0.119 e. The second-order valence-electron chi connectivity index (χ2n) is 5.05. The number of hydrogen-bond acceptors (Lipinski definition) is 4. The average molecular weight is 261 g/mol. The summed E-state index contributed by atoms with van der Waals surface area (Å²) in [5, 5.41) is 8.93. The summed E-state index contributed by atoms with van der Waals surface area (Å²) in [6.07, 6.45) is 0. The molecule has 104 valence electrons. The van der Waals surface area contributed by atoms with E-state index in [4.69, 9.17) is 15.7 Å². The molecule has 0 spiro atoms. The van der Waals surface area contributed by atoms with Crippen LogP contribution in [0, 0.1) is 17.2 Å². The number of methoxy groups -OCH3 is 1. The lowest BCUT2D eigenvalue weighted by Gasteiger charge is -2.32. The van der Waals surface area contributed by atoms with Gasteiger partial charge in [-0.25, -0.2) is 0 Å². The van der Waals surface area contributed by atoms with E-state index in [2.05, 4.69) is 11.0 Å². The van der Waals surface area contributed by atoms with Gasteiger partial charge in [-0.15, -0.1) is 0 Å². The fraction of sp³-hybridized carbons (Fsp3) is 0.533. The Bertz CT molecular complexity index is 439. The van der Waals surface area contributed by atoms with Crippen LogP contribution in [0.4, 0.5) is 0 Å². The monoisotopic (exact) mass is 261 g/mol. The molecule has 2 N–H and O–H groups in total. The van der Waals surface area contributed by atoms with Crippen molar-refractivity contribution in [1.82, 2.24) is 4.90 Å². The normalized spacial score (nSPS) is 15.6. The molecule has 4 nitrogen and oxygen atoms in total. The van der Waals surface area contributed by atoms with Crippen molar-refractivity contribution in [1.29, 1.82) is 5.26 Å². The molecule has 4 heteroatoms. The maximum atomic E-state index is 8.93. The van der Waals surface area contributed by atoms with Crippen LogP contribution >= 0.6 is 0 Å². The van der Waals surface area contributed by atoms with Crippen molar-refractivity contribution in [2.45, 2.75) is 25.9 Å². The van der Waals surface area contributed by atoms with Crippen molar-refractivity contribution in [2.24, 2.45) is 11.7 Å². The molecule has 0 amide bonds. The Balaban J connectivity index is 2.96. The first kappa shape index (κ1) is 15.5. The molecule has 1 aromatic carbocycles. The lowest BCUT2D eigenvalue weighted by molar-refractivity contribution is 0.205. The minimum Gasteiger partial charge on any atom is -0.497 e. The summed E-state index contributed by atoms with van der Waals surface area (Å²) in [6, 6.07) is 10.2. The van der Waals surface area contributed by atoms with Crippen molar-refractivity contribution in [2.75, 3.05) is 20.7 Å². The summed E-state index contributed by atoms with van der Waals surface area (Å²) in [5.41, 5.74) is 7.23. The van der Waals surface area contributed by atoms with Gasteiger partial charge in [-0.3, -0.25) is 4.90 Å². The summed E-state index contributed by atoms with van der Waals surface area (Å²) >= 11 is 0. The van der Waals surface area contributed by atoms with Crippen LogP contribution in [0.15, 0.2) is 24.3 Å². The predicted octanol–water partition coefficient (Wildman–Crippen LogP) is 2.17. The summed E-state index contributed by atoms with van der Waals surface area (Å²) in [6.45, 7) is 4.60. The van der Waals surface area contributed by atoms with Gasteiger partial charge in [0, 0.05) is 18.6 Å². The van der Waals surface area contributed by atoms with Gasteiger partial charge in [0.25, 0.3) is 0 Å². The van der Waals surface area contributed by atoms with Crippen molar-refractivity contribution in [3.05, 3.63) is 29.8 Å². The Morgan fingerprint density at radius 2 is 2.11 bits per heavy atom. The quantitative estimate of drug-likeness (QED) is 0.852. The highest BCUT2D eigenvalue weighted by Crippen LogP contribution is 2.26. The molecule has 0 aliphatic heterocycles. The molecule has 0 saturated carbocycles. The number of hydrogen-bond donors (Lipinski definition) is 1. The van der Waals surface area contributed by atoms with Gasteiger partial charge in [0.15, 0.2) is 0 Å². The zero-order valence-corrected chi connectivity index (χ0v) is 12.1. The number of nitrogens with zero attached hydrogens (tertiary/aromatic N) is 2. The molecule has 0 heterocycles. The lowest BCUT2D eigenvalue weighted by atomic mass is 9.98. The van der Waals surface area contributed by atoms with Crippen molar-refractivity contribution in [3.8, 4) is 11.8 Å². The van der Waals surface area contributed by atoms with Gasteiger partial charge >= 0.3 is 0 Å². The third-order valence-corrected chi connectivity index (χ3v) is 3.19. The molecule has 0 aromatic heterocycles. The van der Waals surface area contributed by atoms with Crippen LogP contribution in [0.2, 0.25) is 0 Å². The van der Waals surface area contributed by atoms with Crippen LogP contribution in [0.5, 0.6) is 5.75 Å². The number of rotatable bonds is 6. The maximum absolute atomic E-state index is 8.93. The Hall–Kier alpha value is -1.57. The number of likely N-dealkylation sites (N-methyl/N-ethyl adjacent to an activating group) is 1. The van der Waals surface area contributed by atoms with Crippen LogP contribution < -0.4 is 10.5 Å². The molecule has 1 rings (SSSR count). The van der Waals surface area contributed by atoms with Gasteiger partial charge in [0.1, 0.15) is 5.75 Å². The lowest BCUT2D eigenvalue weighted by Crippen LogP contribution is -2.39. The van der Waals surface area contributed by atoms with E-state index in [9.17, 15) is 0 Å². The molecule has 0 saturated heterocycles. The smallest absolute Gasteiger partial charge is 0.119 e. The largest absolute Gasteiger partial charge is 0.497 e. The molecule has 0 aliphatic rings. The summed E-state index contributed by atoms with van der Waals surface area (Å²) < 4.78 is 5.26. The Morgan fingerprint density at radius 3 is 2.63 bits per heavy atom. The molecular weight excluding hydrogens is 238 g/mol. The van der Waals surface area contributed by atoms with Crippen LogP contribution in [-0.4, -0.2) is 31.6 Å². The topological polar surface area (TPSA) is 62.3 Å². The van der Waals surface area contributed by atoms with Gasteiger partial charge in [-0.05, 0) is 38.6 Å². The van der Waals surface area contributed by atoms with Gasteiger partial charge in [-0.2, -0.15) is 5.26 Å². The van der Waals surface area contributed by atoms with Crippen LogP contribution in [0.25, 0.3) is 0 Å². The minimum absolute atomic E-state index is 0.0168. The van der Waals surface area contributed by atoms with E-state index in [1.807, 2.05) is 45.2 Å². The van der Waals surface area contributed by atoms with Gasteiger partial charge < -0.3 is 10.5 Å². The van der Waals surface area contributed by atoms with Crippen LogP contribution in [0.3, 0.4) is 0 Å². The van der Waals surface area contributed by atoms with E-state index in [1.165, 1.54) is 0 Å². The molecule has 0 bridgehead atoms. The van der Waals surface area contributed by atoms with E-state index in [-0.39, 0.29) is 18.0 Å². The Morgan fingerprint density at radius 1 is 1.42 bits per heavy atom. The van der Waals surface area contributed by atoms with E-state index < -0.39 is 0 Å². The third-order valence-electron chi connectivity index (χ3n) is 3.19. The van der Waals surface area contributed by atoms with E-state index in [0.29, 0.717) is 6.54 Å². The Labute approximate surface area is 115 Å². The van der Waals surface area contributed by atoms with Gasteiger partial charge in [0.05, 0.1) is 19.1 Å². The second-order valence-corrected chi connectivity index (χ2v) is 5.05. The molecular formula is C15H23N3O. The molecule has 0 aliphatic carbocycles. The number of benzene rings is 1. The van der Waals surface area contributed by atoms with E-state index in [0.717, 1.165) is 11.3 Å². The molecule has 1 aromatic rings. The predicted molar refractivity (Wildman–Crippen MR) is 76.8 cm³/mol. The molecule has 0 fully saturated rings. The molecule has 19 heavy (non-hydrogen) atoms. The molecule has 3 atom stereocenters. The summed E-state index contributed by atoms with van der Waals surface area (Å²) in [7, 11) is 3.66. The average Bonchev–Trinajstić information content (AvgIpc) is 2.38. The van der Waals surface area contributed by atoms with Gasteiger partial charge in [0.2, 0.25) is 0 Å². The van der Waals surface area contributed by atoms with Crippen molar-refractivity contribution < 1.29 is 4.74 Å². The molecule has 3 unspecified atom stereocenters. The number of ether oxygens (including phenoxy) is 1. The Kier molecular flexibility index (Phi) is 5.81. The zero-order valence-electron chi connectivity index (χ0n) is 12.1. The number of nitrogens with two attached hydrogens (primary N) is 1. The van der Waals surface area contributed by atoms with Gasteiger partial charge in [-0.1, -0.05) is 12.1 Å². The van der Waals surface area contributed by atoms with Crippen molar-refractivity contribution >= 4 is 0 Å².